The molecule has 3 aromatic carbocycles. The van der Waals surface area contributed by atoms with Gasteiger partial charge in [0.2, 0.25) is 0 Å². The van der Waals surface area contributed by atoms with E-state index in [1.54, 1.807) is 30.3 Å². The van der Waals surface area contributed by atoms with E-state index in [0.29, 0.717) is 32.7 Å². The van der Waals surface area contributed by atoms with E-state index in [1.807, 2.05) is 42.5 Å². The van der Waals surface area contributed by atoms with Crippen LogP contribution in [0.3, 0.4) is 0 Å². The summed E-state index contributed by atoms with van der Waals surface area (Å²) < 4.78 is 11.1. The number of ether oxygens (including phenoxy) is 1. The second-order valence-corrected chi connectivity index (χ2v) is 6.79. The highest BCUT2D eigenvalue weighted by molar-refractivity contribution is 6.43. The van der Waals surface area contributed by atoms with Gasteiger partial charge in [-0.1, -0.05) is 59.6 Å². The van der Waals surface area contributed by atoms with Gasteiger partial charge in [-0.25, -0.2) is 4.79 Å². The number of esters is 1. The minimum absolute atomic E-state index is 0.0316. The average molecular weight is 397 g/mol. The standard InChI is InChI=1S/C22H14Cl2O3/c23-19-7-3-6-18(21(19)24)20-11-10-17(27-20)13-26-22(25)16-9-8-14-4-1-2-5-15(14)12-16/h1-12H,13H2. The number of carbonyl (C=O) groups excluding carboxylic acids is 1. The summed E-state index contributed by atoms with van der Waals surface area (Å²) >= 11 is 12.3. The Morgan fingerprint density at radius 3 is 2.56 bits per heavy atom. The minimum Gasteiger partial charge on any atom is -0.457 e. The predicted molar refractivity (Wildman–Crippen MR) is 107 cm³/mol. The first-order chi connectivity index (χ1) is 13.1. The number of benzene rings is 3. The zero-order valence-corrected chi connectivity index (χ0v) is 15.6. The van der Waals surface area contributed by atoms with Crippen LogP contribution in [0.25, 0.3) is 22.1 Å². The Balaban J connectivity index is 1.48. The molecular formula is C22H14Cl2O3. The molecular weight excluding hydrogens is 383 g/mol. The summed E-state index contributed by atoms with van der Waals surface area (Å²) in [6, 6.07) is 22.2. The first kappa shape index (κ1) is 17.7. The van der Waals surface area contributed by atoms with Crippen LogP contribution in [0, 0.1) is 0 Å². The molecule has 27 heavy (non-hydrogen) atoms. The molecule has 0 radical (unpaired) electrons. The number of carbonyl (C=O) groups is 1. The van der Waals surface area contributed by atoms with Gasteiger partial charge in [0.15, 0.2) is 0 Å². The molecule has 1 heterocycles. The van der Waals surface area contributed by atoms with Crippen LogP contribution in [0.15, 0.2) is 77.2 Å². The molecule has 4 aromatic rings. The third-order valence-corrected chi connectivity index (χ3v) is 5.03. The Hall–Kier alpha value is -2.75. The maximum Gasteiger partial charge on any atom is 0.338 e. The fraction of sp³-hybridized carbons (Fsp3) is 0.0455. The second kappa shape index (κ2) is 7.47. The molecule has 0 N–H and O–H groups in total. The monoisotopic (exact) mass is 396 g/mol. The highest BCUT2D eigenvalue weighted by atomic mass is 35.5. The summed E-state index contributed by atoms with van der Waals surface area (Å²) in [5, 5.41) is 2.94. The van der Waals surface area contributed by atoms with Crippen LogP contribution in [0.2, 0.25) is 10.0 Å². The fourth-order valence-corrected chi connectivity index (χ4v) is 3.22. The largest absolute Gasteiger partial charge is 0.457 e. The van der Waals surface area contributed by atoms with E-state index in [0.717, 1.165) is 10.8 Å². The Morgan fingerprint density at radius 1 is 0.889 bits per heavy atom. The Kier molecular flexibility index (Phi) is 4.88. The highest BCUT2D eigenvalue weighted by Crippen LogP contribution is 2.34. The number of furan rings is 1. The molecule has 0 saturated heterocycles. The van der Waals surface area contributed by atoms with E-state index in [1.165, 1.54) is 0 Å². The van der Waals surface area contributed by atoms with Crippen molar-refractivity contribution in [2.75, 3.05) is 0 Å². The quantitative estimate of drug-likeness (QED) is 0.357. The maximum atomic E-state index is 12.3. The molecule has 0 bridgehead atoms. The lowest BCUT2D eigenvalue weighted by molar-refractivity contribution is 0.0446. The van der Waals surface area contributed by atoms with Gasteiger partial charge in [0.05, 0.1) is 15.6 Å². The van der Waals surface area contributed by atoms with Crippen LogP contribution in [0.5, 0.6) is 0 Å². The van der Waals surface area contributed by atoms with Crippen LogP contribution in [-0.2, 0) is 11.3 Å². The molecule has 0 spiro atoms. The number of hydrogen-bond acceptors (Lipinski definition) is 3. The number of hydrogen-bond donors (Lipinski definition) is 0. The van der Waals surface area contributed by atoms with Crippen molar-refractivity contribution in [3.05, 3.63) is 94.2 Å². The third-order valence-electron chi connectivity index (χ3n) is 4.21. The topological polar surface area (TPSA) is 39.4 Å². The summed E-state index contributed by atoms with van der Waals surface area (Å²) in [6.07, 6.45) is 0. The summed E-state index contributed by atoms with van der Waals surface area (Å²) in [7, 11) is 0. The lowest BCUT2D eigenvalue weighted by Gasteiger charge is -2.05. The Labute approximate surface area is 166 Å². The van der Waals surface area contributed by atoms with Gasteiger partial charge in [0.1, 0.15) is 18.1 Å². The van der Waals surface area contributed by atoms with E-state index >= 15 is 0 Å². The molecule has 5 heteroatoms. The molecule has 0 unspecified atom stereocenters. The van der Waals surface area contributed by atoms with Gasteiger partial charge in [0, 0.05) is 5.56 Å². The van der Waals surface area contributed by atoms with Crippen molar-refractivity contribution < 1.29 is 13.9 Å². The van der Waals surface area contributed by atoms with Crippen molar-refractivity contribution in [3.63, 3.8) is 0 Å². The molecule has 1 aromatic heterocycles. The van der Waals surface area contributed by atoms with E-state index < -0.39 is 5.97 Å². The summed E-state index contributed by atoms with van der Waals surface area (Å²) in [4.78, 5) is 12.3. The number of rotatable bonds is 4. The van der Waals surface area contributed by atoms with Crippen molar-refractivity contribution in [1.29, 1.82) is 0 Å². The maximum absolute atomic E-state index is 12.3. The molecule has 0 fully saturated rings. The molecule has 0 aliphatic heterocycles. The van der Waals surface area contributed by atoms with E-state index in [4.69, 9.17) is 32.4 Å². The smallest absolute Gasteiger partial charge is 0.338 e. The van der Waals surface area contributed by atoms with Crippen molar-refractivity contribution >= 4 is 39.9 Å². The van der Waals surface area contributed by atoms with Gasteiger partial charge in [-0.05, 0) is 47.2 Å². The van der Waals surface area contributed by atoms with Gasteiger partial charge in [-0.3, -0.25) is 0 Å². The minimum atomic E-state index is -0.403. The zero-order valence-electron chi connectivity index (χ0n) is 14.1. The predicted octanol–water partition coefficient (Wildman–Crippen LogP) is 6.76. The molecule has 0 atom stereocenters. The first-order valence-electron chi connectivity index (χ1n) is 8.31. The number of halogens is 2. The van der Waals surface area contributed by atoms with Crippen molar-refractivity contribution in [2.45, 2.75) is 6.61 Å². The number of fused-ring (bicyclic) bond motifs is 1. The molecule has 0 saturated carbocycles. The summed E-state index contributed by atoms with van der Waals surface area (Å²) in [5.74, 6) is 0.689. The summed E-state index contributed by atoms with van der Waals surface area (Å²) in [6.45, 7) is 0.0316. The average Bonchev–Trinajstić information content (AvgIpc) is 3.16. The van der Waals surface area contributed by atoms with Gasteiger partial charge < -0.3 is 9.15 Å². The highest BCUT2D eigenvalue weighted by Gasteiger charge is 2.13. The van der Waals surface area contributed by atoms with Gasteiger partial charge in [-0.2, -0.15) is 0 Å². The molecule has 0 amide bonds. The molecule has 3 nitrogen and oxygen atoms in total. The Morgan fingerprint density at radius 2 is 1.70 bits per heavy atom. The lowest BCUT2D eigenvalue weighted by Crippen LogP contribution is -2.04. The third kappa shape index (κ3) is 3.70. The molecule has 0 aliphatic carbocycles. The van der Waals surface area contributed by atoms with Crippen LogP contribution < -0.4 is 0 Å². The second-order valence-electron chi connectivity index (χ2n) is 6.01. The van der Waals surface area contributed by atoms with Crippen molar-refractivity contribution in [1.82, 2.24) is 0 Å². The van der Waals surface area contributed by atoms with Crippen molar-refractivity contribution in [3.8, 4) is 11.3 Å². The normalized spacial score (nSPS) is 10.9. The lowest BCUT2D eigenvalue weighted by atomic mass is 10.1. The van der Waals surface area contributed by atoms with Crippen LogP contribution in [-0.4, -0.2) is 5.97 Å². The van der Waals surface area contributed by atoms with Gasteiger partial charge in [-0.15, -0.1) is 0 Å². The van der Waals surface area contributed by atoms with E-state index in [2.05, 4.69) is 0 Å². The first-order valence-corrected chi connectivity index (χ1v) is 9.06. The SMILES string of the molecule is O=C(OCc1ccc(-c2cccc(Cl)c2Cl)o1)c1ccc2ccccc2c1. The van der Waals surface area contributed by atoms with Crippen molar-refractivity contribution in [2.24, 2.45) is 0 Å². The molecule has 4 rings (SSSR count). The van der Waals surface area contributed by atoms with E-state index in [9.17, 15) is 4.79 Å². The van der Waals surface area contributed by atoms with Crippen LogP contribution >= 0.6 is 23.2 Å². The Bertz CT molecular complexity index is 1130. The van der Waals surface area contributed by atoms with E-state index in [-0.39, 0.29) is 6.61 Å². The zero-order chi connectivity index (χ0) is 18.8. The van der Waals surface area contributed by atoms with Gasteiger partial charge in [0.25, 0.3) is 0 Å². The molecule has 134 valence electrons. The molecule has 0 aliphatic rings. The fourth-order valence-electron chi connectivity index (χ4n) is 2.83. The summed E-state index contributed by atoms with van der Waals surface area (Å²) in [5.41, 5.74) is 1.19. The van der Waals surface area contributed by atoms with Crippen LogP contribution in [0.4, 0.5) is 0 Å². The van der Waals surface area contributed by atoms with Gasteiger partial charge >= 0.3 is 5.97 Å². The van der Waals surface area contributed by atoms with Crippen LogP contribution in [0.1, 0.15) is 16.1 Å².